The van der Waals surface area contributed by atoms with Crippen molar-refractivity contribution < 1.29 is 4.74 Å². The zero-order valence-electron chi connectivity index (χ0n) is 7.96. The third-order valence-corrected chi connectivity index (χ3v) is 2.34. The molecule has 0 fully saturated rings. The van der Waals surface area contributed by atoms with E-state index in [2.05, 4.69) is 15.2 Å². The van der Waals surface area contributed by atoms with Crippen LogP contribution in [0.1, 0.15) is 5.82 Å². The number of hydrogen-bond donors (Lipinski definition) is 2. The summed E-state index contributed by atoms with van der Waals surface area (Å²) < 4.78 is 5.35. The lowest BCUT2D eigenvalue weighted by atomic mass is 10.3. The molecule has 1 aromatic carbocycles. The highest BCUT2D eigenvalue weighted by Gasteiger charge is 2.04. The van der Waals surface area contributed by atoms with E-state index >= 15 is 0 Å². The van der Waals surface area contributed by atoms with Gasteiger partial charge < -0.3 is 4.74 Å². The number of halogens is 2. The van der Waals surface area contributed by atoms with E-state index < -0.39 is 0 Å². The molecule has 0 saturated heterocycles. The molecule has 2 N–H and O–H groups in total. The molecule has 16 heavy (non-hydrogen) atoms. The molecule has 0 spiro atoms. The summed E-state index contributed by atoms with van der Waals surface area (Å²) in [4.78, 5) is 13.2. The Balaban J connectivity index is 2.07. The minimum Gasteiger partial charge on any atom is -0.484 e. The lowest BCUT2D eigenvalue weighted by Crippen LogP contribution is -2.03. The van der Waals surface area contributed by atoms with Gasteiger partial charge in [-0.25, -0.2) is 9.89 Å². The van der Waals surface area contributed by atoms with Crippen LogP contribution in [0.5, 0.6) is 5.75 Å². The molecule has 2 rings (SSSR count). The fourth-order valence-corrected chi connectivity index (χ4v) is 1.57. The summed E-state index contributed by atoms with van der Waals surface area (Å²) >= 11 is 11.6. The van der Waals surface area contributed by atoms with Gasteiger partial charge in [0, 0.05) is 5.02 Å². The van der Waals surface area contributed by atoms with Gasteiger partial charge >= 0.3 is 5.69 Å². The predicted octanol–water partition coefficient (Wildman–Crippen LogP) is 1.98. The molecule has 0 aliphatic rings. The van der Waals surface area contributed by atoms with E-state index in [0.717, 1.165) is 0 Å². The van der Waals surface area contributed by atoms with Gasteiger partial charge in [-0.05, 0) is 18.2 Å². The van der Waals surface area contributed by atoms with Crippen LogP contribution in [0.15, 0.2) is 23.0 Å². The van der Waals surface area contributed by atoms with Crippen LogP contribution in [-0.4, -0.2) is 15.2 Å². The molecule has 0 unspecified atom stereocenters. The van der Waals surface area contributed by atoms with Crippen LogP contribution in [0, 0.1) is 0 Å². The van der Waals surface area contributed by atoms with Crippen LogP contribution in [0.25, 0.3) is 0 Å². The zero-order valence-corrected chi connectivity index (χ0v) is 9.47. The maximum Gasteiger partial charge on any atom is 0.340 e. The molecule has 0 saturated carbocycles. The van der Waals surface area contributed by atoms with Crippen molar-refractivity contribution in [3.8, 4) is 5.75 Å². The van der Waals surface area contributed by atoms with Crippen molar-refractivity contribution in [1.82, 2.24) is 15.2 Å². The second-order valence-corrected chi connectivity index (χ2v) is 3.83. The minimum atomic E-state index is -0.374. The van der Waals surface area contributed by atoms with Crippen LogP contribution in [0.3, 0.4) is 0 Å². The van der Waals surface area contributed by atoms with E-state index in [0.29, 0.717) is 21.6 Å². The summed E-state index contributed by atoms with van der Waals surface area (Å²) in [6.07, 6.45) is 0. The monoisotopic (exact) mass is 259 g/mol. The van der Waals surface area contributed by atoms with Gasteiger partial charge in [0.05, 0.1) is 5.02 Å². The Kier molecular flexibility index (Phi) is 3.17. The van der Waals surface area contributed by atoms with Gasteiger partial charge in [-0.15, -0.1) is 0 Å². The average molecular weight is 260 g/mol. The van der Waals surface area contributed by atoms with Gasteiger partial charge in [0.15, 0.2) is 5.82 Å². The quantitative estimate of drug-likeness (QED) is 0.886. The van der Waals surface area contributed by atoms with E-state index in [4.69, 9.17) is 27.9 Å². The molecule has 5 nitrogen and oxygen atoms in total. The molecular formula is C9H7Cl2N3O2. The smallest absolute Gasteiger partial charge is 0.340 e. The molecular weight excluding hydrogens is 253 g/mol. The number of nitrogens with one attached hydrogen (secondary N) is 2. The number of H-pyrrole nitrogens is 2. The lowest BCUT2D eigenvalue weighted by Gasteiger charge is -2.05. The number of benzene rings is 1. The topological polar surface area (TPSA) is 70.8 Å². The molecule has 1 aromatic heterocycles. The van der Waals surface area contributed by atoms with Crippen molar-refractivity contribution in [2.75, 3.05) is 0 Å². The molecule has 2 aromatic rings. The van der Waals surface area contributed by atoms with Crippen molar-refractivity contribution in [1.29, 1.82) is 0 Å². The highest BCUT2D eigenvalue weighted by molar-refractivity contribution is 6.35. The van der Waals surface area contributed by atoms with Crippen LogP contribution in [-0.2, 0) is 6.61 Å². The Hall–Kier alpha value is -1.46. The summed E-state index contributed by atoms with van der Waals surface area (Å²) in [5.74, 6) is 0.880. The summed E-state index contributed by atoms with van der Waals surface area (Å²) in [7, 11) is 0. The Bertz CT molecular complexity index is 550. The SMILES string of the molecule is O=c1[nH]nc(COc2ccc(Cl)cc2Cl)[nH]1. The van der Waals surface area contributed by atoms with E-state index in [1.165, 1.54) is 0 Å². The summed E-state index contributed by atoms with van der Waals surface area (Å²) in [5, 5.41) is 6.86. The van der Waals surface area contributed by atoms with Crippen LogP contribution in [0.4, 0.5) is 0 Å². The Morgan fingerprint density at radius 2 is 2.19 bits per heavy atom. The molecule has 0 atom stereocenters. The highest BCUT2D eigenvalue weighted by Crippen LogP contribution is 2.27. The fourth-order valence-electron chi connectivity index (χ4n) is 1.11. The molecule has 7 heteroatoms. The van der Waals surface area contributed by atoms with Crippen LogP contribution >= 0.6 is 23.2 Å². The third-order valence-electron chi connectivity index (χ3n) is 1.81. The standard InChI is InChI=1S/C9H7Cl2N3O2/c10-5-1-2-7(6(11)3-5)16-4-8-12-9(15)14-13-8/h1-3H,4H2,(H2,12,13,14,15). The molecule has 1 heterocycles. The maximum absolute atomic E-state index is 10.7. The van der Waals surface area contributed by atoms with Crippen molar-refractivity contribution in [3.05, 3.63) is 44.6 Å². The first kappa shape index (κ1) is 11.0. The highest BCUT2D eigenvalue weighted by atomic mass is 35.5. The normalized spacial score (nSPS) is 10.4. The molecule has 0 bridgehead atoms. The van der Waals surface area contributed by atoms with Crippen molar-refractivity contribution >= 4 is 23.2 Å². The number of aromatic amines is 2. The Morgan fingerprint density at radius 1 is 1.38 bits per heavy atom. The number of hydrogen-bond acceptors (Lipinski definition) is 3. The van der Waals surface area contributed by atoms with E-state index in [-0.39, 0.29) is 12.3 Å². The second kappa shape index (κ2) is 4.59. The number of ether oxygens (including phenoxy) is 1. The van der Waals surface area contributed by atoms with Gasteiger partial charge in [0.1, 0.15) is 12.4 Å². The third kappa shape index (κ3) is 2.56. The number of aromatic nitrogens is 3. The first-order valence-electron chi connectivity index (χ1n) is 4.36. The number of rotatable bonds is 3. The molecule has 0 aliphatic carbocycles. The van der Waals surface area contributed by atoms with Crippen molar-refractivity contribution in [3.63, 3.8) is 0 Å². The van der Waals surface area contributed by atoms with Crippen molar-refractivity contribution in [2.24, 2.45) is 0 Å². The zero-order chi connectivity index (χ0) is 11.5. The maximum atomic E-state index is 10.7. The molecule has 0 amide bonds. The average Bonchev–Trinajstić information content (AvgIpc) is 2.63. The van der Waals surface area contributed by atoms with Gasteiger partial charge in [-0.1, -0.05) is 23.2 Å². The minimum absolute atomic E-state index is 0.125. The summed E-state index contributed by atoms with van der Waals surface area (Å²) in [6.45, 7) is 0.125. The number of nitrogens with zero attached hydrogens (tertiary/aromatic N) is 1. The van der Waals surface area contributed by atoms with E-state index in [1.54, 1.807) is 18.2 Å². The molecule has 0 radical (unpaired) electrons. The Morgan fingerprint density at radius 3 is 2.81 bits per heavy atom. The second-order valence-electron chi connectivity index (χ2n) is 2.99. The van der Waals surface area contributed by atoms with Gasteiger partial charge in [0.25, 0.3) is 0 Å². The van der Waals surface area contributed by atoms with Crippen LogP contribution in [0.2, 0.25) is 10.0 Å². The first-order chi connectivity index (χ1) is 7.65. The first-order valence-corrected chi connectivity index (χ1v) is 5.12. The summed E-state index contributed by atoms with van der Waals surface area (Å²) in [6, 6.07) is 4.89. The Labute approximate surface area is 100 Å². The summed E-state index contributed by atoms with van der Waals surface area (Å²) in [5.41, 5.74) is -0.374. The van der Waals surface area contributed by atoms with E-state index in [1.807, 2.05) is 0 Å². The largest absolute Gasteiger partial charge is 0.484 e. The van der Waals surface area contributed by atoms with Gasteiger partial charge in [-0.3, -0.25) is 4.98 Å². The molecule has 84 valence electrons. The van der Waals surface area contributed by atoms with Crippen molar-refractivity contribution in [2.45, 2.75) is 6.61 Å². The van der Waals surface area contributed by atoms with Gasteiger partial charge in [0.2, 0.25) is 0 Å². The van der Waals surface area contributed by atoms with E-state index in [9.17, 15) is 4.79 Å². The fraction of sp³-hybridized carbons (Fsp3) is 0.111. The molecule has 0 aliphatic heterocycles. The predicted molar refractivity (Wildman–Crippen MR) is 60.0 cm³/mol. The van der Waals surface area contributed by atoms with Gasteiger partial charge in [-0.2, -0.15) is 5.10 Å². The van der Waals surface area contributed by atoms with Crippen LogP contribution < -0.4 is 10.4 Å². The lowest BCUT2D eigenvalue weighted by molar-refractivity contribution is 0.296.